The van der Waals surface area contributed by atoms with Crippen LogP contribution in [-0.4, -0.2) is 41.7 Å². The van der Waals surface area contributed by atoms with Crippen LogP contribution in [0.4, 0.5) is 13.2 Å². The molecule has 0 aliphatic heterocycles. The maximum absolute atomic E-state index is 12.4. The average molecular weight is 373 g/mol. The van der Waals surface area contributed by atoms with E-state index in [0.29, 0.717) is 24.0 Å². The number of carbonyl (C=O) groups is 2. The first-order valence-electron chi connectivity index (χ1n) is 8.27. The van der Waals surface area contributed by atoms with Crippen molar-refractivity contribution in [1.82, 2.24) is 4.90 Å². The summed E-state index contributed by atoms with van der Waals surface area (Å²) < 4.78 is 41.9. The van der Waals surface area contributed by atoms with Gasteiger partial charge in [-0.15, -0.1) is 0 Å². The molecule has 1 aromatic rings. The number of ether oxygens (including phenoxy) is 1. The third-order valence-electron chi connectivity index (χ3n) is 4.61. The van der Waals surface area contributed by atoms with Gasteiger partial charge in [-0.2, -0.15) is 13.2 Å². The van der Waals surface area contributed by atoms with Gasteiger partial charge in [0.1, 0.15) is 5.75 Å². The predicted molar refractivity (Wildman–Crippen MR) is 87.8 cm³/mol. The van der Waals surface area contributed by atoms with Gasteiger partial charge in [-0.25, -0.2) is 0 Å². The molecule has 1 fully saturated rings. The molecule has 144 valence electrons. The van der Waals surface area contributed by atoms with Crippen molar-refractivity contribution in [2.75, 3.05) is 13.7 Å². The van der Waals surface area contributed by atoms with Crippen molar-refractivity contribution in [3.05, 3.63) is 28.8 Å². The molecule has 2 unspecified atom stereocenters. The molecule has 1 aliphatic carbocycles. The lowest BCUT2D eigenvalue weighted by molar-refractivity contribution is -0.156. The van der Waals surface area contributed by atoms with Crippen LogP contribution in [0.1, 0.15) is 29.5 Å². The summed E-state index contributed by atoms with van der Waals surface area (Å²) in [4.78, 5) is 24.9. The number of halogens is 3. The molecule has 2 rings (SSSR count). The van der Waals surface area contributed by atoms with Crippen LogP contribution in [0.5, 0.6) is 5.75 Å². The monoisotopic (exact) mass is 373 g/mol. The van der Waals surface area contributed by atoms with Crippen LogP contribution in [-0.2, 0) is 16.1 Å². The molecule has 5 nitrogen and oxygen atoms in total. The van der Waals surface area contributed by atoms with E-state index < -0.39 is 30.6 Å². The van der Waals surface area contributed by atoms with Gasteiger partial charge < -0.3 is 14.7 Å². The zero-order chi connectivity index (χ0) is 19.6. The summed E-state index contributed by atoms with van der Waals surface area (Å²) in [5.74, 6) is -2.14. The molecule has 2 atom stereocenters. The average Bonchev–Trinajstić information content (AvgIpc) is 2.43. The van der Waals surface area contributed by atoms with E-state index in [-0.39, 0.29) is 18.2 Å². The molecule has 0 heterocycles. The van der Waals surface area contributed by atoms with Crippen LogP contribution < -0.4 is 4.74 Å². The quantitative estimate of drug-likeness (QED) is 0.831. The summed E-state index contributed by atoms with van der Waals surface area (Å²) in [7, 11) is 1.60. The first-order chi connectivity index (χ1) is 12.0. The number of carbonyl (C=O) groups excluding carboxylic acids is 1. The Balaban J connectivity index is 2.05. The highest BCUT2D eigenvalue weighted by Gasteiger charge is 2.42. The Morgan fingerprint density at radius 1 is 1.19 bits per heavy atom. The van der Waals surface area contributed by atoms with Crippen LogP contribution in [0.3, 0.4) is 0 Å². The fourth-order valence-corrected chi connectivity index (χ4v) is 3.24. The van der Waals surface area contributed by atoms with Crippen LogP contribution in [0.15, 0.2) is 12.1 Å². The minimum atomic E-state index is -4.41. The van der Waals surface area contributed by atoms with Gasteiger partial charge in [0, 0.05) is 13.6 Å². The Bertz CT molecular complexity index is 679. The van der Waals surface area contributed by atoms with Gasteiger partial charge in [0.15, 0.2) is 6.61 Å². The Morgan fingerprint density at radius 2 is 1.73 bits per heavy atom. The van der Waals surface area contributed by atoms with Crippen LogP contribution >= 0.6 is 0 Å². The lowest BCUT2D eigenvalue weighted by atomic mass is 9.73. The molecule has 1 aromatic carbocycles. The zero-order valence-corrected chi connectivity index (χ0v) is 14.9. The summed E-state index contributed by atoms with van der Waals surface area (Å²) in [5, 5.41) is 9.07. The van der Waals surface area contributed by atoms with E-state index in [1.165, 1.54) is 4.90 Å². The molecule has 1 amide bonds. The number of benzene rings is 1. The lowest BCUT2D eigenvalue weighted by Gasteiger charge is -2.35. The van der Waals surface area contributed by atoms with Crippen LogP contribution in [0.25, 0.3) is 0 Å². The second-order valence-electron chi connectivity index (χ2n) is 6.79. The number of nitrogens with zero attached hydrogens (tertiary/aromatic N) is 1. The van der Waals surface area contributed by atoms with Crippen LogP contribution in [0.2, 0.25) is 0 Å². The van der Waals surface area contributed by atoms with E-state index in [1.807, 2.05) is 0 Å². The summed E-state index contributed by atoms with van der Waals surface area (Å²) in [6.45, 7) is 2.19. The third kappa shape index (κ3) is 4.68. The molecule has 0 bridgehead atoms. The number of aliphatic carboxylic acids is 1. The molecule has 8 heteroatoms. The third-order valence-corrected chi connectivity index (χ3v) is 4.61. The van der Waals surface area contributed by atoms with Crippen molar-refractivity contribution >= 4 is 11.9 Å². The van der Waals surface area contributed by atoms with Crippen molar-refractivity contribution in [2.24, 2.45) is 11.8 Å². The first kappa shape index (κ1) is 20.1. The highest BCUT2D eigenvalue weighted by atomic mass is 19.4. The van der Waals surface area contributed by atoms with Gasteiger partial charge in [-0.1, -0.05) is 12.1 Å². The molecule has 0 radical (unpaired) electrons. The maximum atomic E-state index is 12.4. The number of alkyl halides is 3. The molecule has 0 aromatic heterocycles. The van der Waals surface area contributed by atoms with Gasteiger partial charge >= 0.3 is 12.1 Å². The Kier molecular flexibility index (Phi) is 5.83. The predicted octanol–water partition coefficient (Wildman–Crippen LogP) is 3.31. The van der Waals surface area contributed by atoms with E-state index in [1.54, 1.807) is 33.0 Å². The second-order valence-corrected chi connectivity index (χ2v) is 6.79. The second kappa shape index (κ2) is 7.55. The largest absolute Gasteiger partial charge is 0.484 e. The van der Waals surface area contributed by atoms with Gasteiger partial charge in [0.25, 0.3) is 0 Å². The molecule has 1 aliphatic rings. The highest BCUT2D eigenvalue weighted by Crippen LogP contribution is 2.36. The number of hydrogen-bond acceptors (Lipinski definition) is 3. The highest BCUT2D eigenvalue weighted by molar-refractivity contribution is 5.86. The van der Waals surface area contributed by atoms with E-state index in [4.69, 9.17) is 9.84 Å². The molecular formula is C18H22F3NO4. The Labute approximate surface area is 149 Å². The molecule has 0 saturated heterocycles. The topological polar surface area (TPSA) is 66.8 Å². The van der Waals surface area contributed by atoms with E-state index in [9.17, 15) is 22.8 Å². The first-order valence-corrected chi connectivity index (χ1v) is 8.27. The van der Waals surface area contributed by atoms with E-state index in [0.717, 1.165) is 5.56 Å². The minimum absolute atomic E-state index is 0.185. The number of rotatable bonds is 6. The van der Waals surface area contributed by atoms with E-state index >= 15 is 0 Å². The molecule has 26 heavy (non-hydrogen) atoms. The normalized spacial score (nSPS) is 19.6. The molecule has 0 spiro atoms. The maximum Gasteiger partial charge on any atom is 0.422 e. The van der Waals surface area contributed by atoms with Gasteiger partial charge in [0.05, 0.1) is 11.8 Å². The van der Waals surface area contributed by atoms with Gasteiger partial charge in [-0.3, -0.25) is 9.59 Å². The standard InChI is InChI=1S/C18H22F3NO4/c1-10-6-12(7-11(2)15(10)26-9-18(19,20)21)8-22(3)16(23)13-4-5-14(13)17(24)25/h6-7,13-14H,4-5,8-9H2,1-3H3,(H,24,25). The SMILES string of the molecule is Cc1cc(CN(C)C(=O)C2CCC2C(=O)O)cc(C)c1OCC(F)(F)F. The smallest absolute Gasteiger partial charge is 0.422 e. The van der Waals surface area contributed by atoms with Crippen molar-refractivity contribution in [3.8, 4) is 5.75 Å². The molecule has 1 N–H and O–H groups in total. The lowest BCUT2D eigenvalue weighted by Crippen LogP contribution is -2.44. The van der Waals surface area contributed by atoms with Crippen molar-refractivity contribution in [1.29, 1.82) is 0 Å². The minimum Gasteiger partial charge on any atom is -0.484 e. The number of hydrogen-bond donors (Lipinski definition) is 1. The van der Waals surface area contributed by atoms with Crippen molar-refractivity contribution < 1.29 is 32.6 Å². The molecular weight excluding hydrogens is 351 g/mol. The van der Waals surface area contributed by atoms with Gasteiger partial charge in [0.2, 0.25) is 5.91 Å². The molecule has 1 saturated carbocycles. The summed E-state index contributed by atoms with van der Waals surface area (Å²) in [5.41, 5.74) is 1.86. The number of aryl methyl sites for hydroxylation is 2. The van der Waals surface area contributed by atoms with Crippen LogP contribution in [0, 0.1) is 25.7 Å². The Hall–Kier alpha value is -2.25. The summed E-state index contributed by atoms with van der Waals surface area (Å²) >= 11 is 0. The number of carboxylic acids is 1. The number of amides is 1. The van der Waals surface area contributed by atoms with Crippen molar-refractivity contribution in [2.45, 2.75) is 39.4 Å². The van der Waals surface area contributed by atoms with Crippen molar-refractivity contribution in [3.63, 3.8) is 0 Å². The Morgan fingerprint density at radius 3 is 2.15 bits per heavy atom. The fraction of sp³-hybridized carbons (Fsp3) is 0.556. The summed E-state index contributed by atoms with van der Waals surface area (Å²) in [6.07, 6.45) is -3.35. The number of carboxylic acid groups (broad SMARTS) is 1. The van der Waals surface area contributed by atoms with E-state index in [2.05, 4.69) is 0 Å². The summed E-state index contributed by atoms with van der Waals surface area (Å²) in [6, 6.07) is 3.36. The fourth-order valence-electron chi connectivity index (χ4n) is 3.24. The zero-order valence-electron chi connectivity index (χ0n) is 14.9. The van der Waals surface area contributed by atoms with Gasteiger partial charge in [-0.05, 0) is 43.4 Å².